The van der Waals surface area contributed by atoms with E-state index in [4.69, 9.17) is 4.74 Å². The lowest BCUT2D eigenvalue weighted by molar-refractivity contribution is -0.121. The average Bonchev–Trinajstić information content (AvgIpc) is 3.25. The van der Waals surface area contributed by atoms with E-state index in [0.29, 0.717) is 49.5 Å². The molecule has 9 heteroatoms. The molecule has 4 rings (SSSR count). The van der Waals surface area contributed by atoms with E-state index >= 15 is 0 Å². The van der Waals surface area contributed by atoms with Crippen LogP contribution in [-0.2, 0) is 29.0 Å². The number of carbonyl (C=O) groups is 1. The van der Waals surface area contributed by atoms with Crippen LogP contribution in [0.2, 0.25) is 0 Å². The van der Waals surface area contributed by atoms with Crippen molar-refractivity contribution < 1.29 is 9.53 Å². The van der Waals surface area contributed by atoms with E-state index in [-0.39, 0.29) is 24.0 Å². The number of amides is 1. The molecule has 0 spiro atoms. The molecule has 0 aliphatic heterocycles. The van der Waals surface area contributed by atoms with Crippen LogP contribution in [0.15, 0.2) is 53.6 Å². The maximum Gasteiger partial charge on any atom is 0.262 e. The predicted molar refractivity (Wildman–Crippen MR) is 125 cm³/mol. The molecule has 172 valence electrons. The predicted octanol–water partition coefficient (Wildman–Crippen LogP) is 2.50. The first-order valence-corrected chi connectivity index (χ1v) is 11.2. The van der Waals surface area contributed by atoms with Crippen molar-refractivity contribution in [1.82, 2.24) is 29.5 Å². The fourth-order valence-electron chi connectivity index (χ4n) is 3.74. The van der Waals surface area contributed by atoms with Gasteiger partial charge in [0.2, 0.25) is 11.7 Å². The van der Waals surface area contributed by atoms with Gasteiger partial charge in [-0.25, -0.2) is 0 Å². The molecular formula is C24H28N6O3. The smallest absolute Gasteiger partial charge is 0.262 e. The molecule has 0 bridgehead atoms. The van der Waals surface area contributed by atoms with Gasteiger partial charge < -0.3 is 10.1 Å². The van der Waals surface area contributed by atoms with Crippen molar-refractivity contribution in [3.8, 4) is 0 Å². The van der Waals surface area contributed by atoms with Crippen molar-refractivity contribution in [2.45, 2.75) is 52.3 Å². The van der Waals surface area contributed by atoms with Gasteiger partial charge in [0.1, 0.15) is 5.82 Å². The van der Waals surface area contributed by atoms with Crippen LogP contribution < -0.4 is 10.9 Å². The number of carbonyl (C=O) groups excluding carboxylic acids is 1. The standard InChI is InChI=1S/C24H28N6O3/c1-17(2)33-14-6-13-29-23(32)19-8-3-4-9-20(19)30-21(27-28-24(29)30)10-11-22(31)26-16-18-7-5-12-25-15-18/h3-5,7-9,12,15,17H,6,10-11,13-14,16H2,1-2H3,(H,26,31). The maximum atomic E-state index is 13.1. The quantitative estimate of drug-likeness (QED) is 0.374. The molecule has 9 nitrogen and oxygen atoms in total. The van der Waals surface area contributed by atoms with E-state index in [1.54, 1.807) is 17.0 Å². The summed E-state index contributed by atoms with van der Waals surface area (Å²) in [5.74, 6) is 1.04. The molecule has 0 aliphatic carbocycles. The first kappa shape index (κ1) is 22.6. The van der Waals surface area contributed by atoms with Gasteiger partial charge in [0.25, 0.3) is 5.56 Å². The van der Waals surface area contributed by atoms with E-state index < -0.39 is 0 Å². The molecule has 33 heavy (non-hydrogen) atoms. The van der Waals surface area contributed by atoms with Gasteiger partial charge in [0.15, 0.2) is 0 Å². The fourth-order valence-corrected chi connectivity index (χ4v) is 3.74. The number of hydrogen-bond acceptors (Lipinski definition) is 6. The lowest BCUT2D eigenvalue weighted by Gasteiger charge is -2.12. The van der Waals surface area contributed by atoms with Crippen LogP contribution in [0.4, 0.5) is 0 Å². The molecule has 4 aromatic rings. The van der Waals surface area contributed by atoms with Crippen molar-refractivity contribution in [2.24, 2.45) is 0 Å². The van der Waals surface area contributed by atoms with E-state index in [9.17, 15) is 9.59 Å². The van der Waals surface area contributed by atoms with Gasteiger partial charge in [-0.2, -0.15) is 0 Å². The van der Waals surface area contributed by atoms with Crippen molar-refractivity contribution >= 4 is 22.6 Å². The van der Waals surface area contributed by atoms with Crippen molar-refractivity contribution in [3.63, 3.8) is 0 Å². The molecule has 0 radical (unpaired) electrons. The average molecular weight is 449 g/mol. The molecule has 3 heterocycles. The number of rotatable bonds is 10. The summed E-state index contributed by atoms with van der Waals surface area (Å²) < 4.78 is 9.15. The largest absolute Gasteiger partial charge is 0.379 e. The summed E-state index contributed by atoms with van der Waals surface area (Å²) in [5.41, 5.74) is 1.58. The first-order valence-electron chi connectivity index (χ1n) is 11.2. The van der Waals surface area contributed by atoms with Gasteiger partial charge >= 0.3 is 0 Å². The molecule has 3 aromatic heterocycles. The molecule has 1 aromatic carbocycles. The van der Waals surface area contributed by atoms with Gasteiger partial charge in [-0.15, -0.1) is 10.2 Å². The summed E-state index contributed by atoms with van der Waals surface area (Å²) >= 11 is 0. The van der Waals surface area contributed by atoms with Crippen LogP contribution in [0.5, 0.6) is 0 Å². The fraction of sp³-hybridized carbons (Fsp3) is 0.375. The molecule has 0 saturated carbocycles. The van der Waals surface area contributed by atoms with Crippen LogP contribution in [0.3, 0.4) is 0 Å². The summed E-state index contributed by atoms with van der Waals surface area (Å²) in [7, 11) is 0. The molecule has 0 unspecified atom stereocenters. The number of benzene rings is 1. The summed E-state index contributed by atoms with van der Waals surface area (Å²) in [5, 5.41) is 12.1. The van der Waals surface area contributed by atoms with Gasteiger partial charge in [-0.05, 0) is 44.0 Å². The Labute approximate surface area is 191 Å². The highest BCUT2D eigenvalue weighted by Crippen LogP contribution is 2.16. The van der Waals surface area contributed by atoms with Crippen LogP contribution in [0.25, 0.3) is 16.7 Å². The Morgan fingerprint density at radius 3 is 2.79 bits per heavy atom. The minimum Gasteiger partial charge on any atom is -0.379 e. The molecule has 0 atom stereocenters. The number of para-hydroxylation sites is 1. The first-order chi connectivity index (χ1) is 16.0. The van der Waals surface area contributed by atoms with Crippen molar-refractivity contribution in [1.29, 1.82) is 0 Å². The second-order valence-electron chi connectivity index (χ2n) is 8.14. The zero-order valence-electron chi connectivity index (χ0n) is 18.9. The van der Waals surface area contributed by atoms with Crippen LogP contribution >= 0.6 is 0 Å². The lowest BCUT2D eigenvalue weighted by Crippen LogP contribution is -2.25. The van der Waals surface area contributed by atoms with Gasteiger partial charge in [-0.3, -0.25) is 23.5 Å². The highest BCUT2D eigenvalue weighted by Gasteiger charge is 2.17. The molecular weight excluding hydrogens is 420 g/mol. The highest BCUT2D eigenvalue weighted by atomic mass is 16.5. The van der Waals surface area contributed by atoms with Gasteiger partial charge in [-0.1, -0.05) is 18.2 Å². The van der Waals surface area contributed by atoms with Crippen LogP contribution in [0, 0.1) is 0 Å². The van der Waals surface area contributed by atoms with E-state index in [2.05, 4.69) is 20.5 Å². The third-order valence-electron chi connectivity index (χ3n) is 5.34. The number of aryl methyl sites for hydroxylation is 2. The Morgan fingerprint density at radius 2 is 2.00 bits per heavy atom. The SMILES string of the molecule is CC(C)OCCCn1c(=O)c2ccccc2n2c(CCC(=O)NCc3cccnc3)nnc12. The Morgan fingerprint density at radius 1 is 1.15 bits per heavy atom. The summed E-state index contributed by atoms with van der Waals surface area (Å²) in [6.45, 7) is 5.43. The zero-order valence-corrected chi connectivity index (χ0v) is 18.9. The Kier molecular flexibility index (Phi) is 7.09. The summed E-state index contributed by atoms with van der Waals surface area (Å²) in [4.78, 5) is 29.6. The summed E-state index contributed by atoms with van der Waals surface area (Å²) in [6, 6.07) is 11.2. The zero-order chi connectivity index (χ0) is 23.2. The van der Waals surface area contributed by atoms with Crippen molar-refractivity contribution in [3.05, 3.63) is 70.5 Å². The lowest BCUT2D eigenvalue weighted by atomic mass is 10.2. The number of hydrogen-bond donors (Lipinski definition) is 1. The van der Waals surface area contributed by atoms with Gasteiger partial charge in [0, 0.05) is 44.9 Å². The van der Waals surface area contributed by atoms with E-state index in [1.165, 1.54) is 0 Å². The molecule has 0 fully saturated rings. The van der Waals surface area contributed by atoms with Gasteiger partial charge in [0.05, 0.1) is 17.0 Å². The molecule has 0 aliphatic rings. The number of nitrogens with zero attached hydrogens (tertiary/aromatic N) is 5. The molecule has 1 amide bonds. The second-order valence-corrected chi connectivity index (χ2v) is 8.14. The third-order valence-corrected chi connectivity index (χ3v) is 5.34. The van der Waals surface area contributed by atoms with E-state index in [1.807, 2.05) is 54.6 Å². The van der Waals surface area contributed by atoms with Crippen LogP contribution in [-0.4, -0.2) is 42.8 Å². The Balaban J connectivity index is 1.55. The topological polar surface area (TPSA) is 103 Å². The number of nitrogens with one attached hydrogen (secondary N) is 1. The molecule has 0 saturated heterocycles. The number of fused-ring (bicyclic) bond motifs is 3. The Hall–Kier alpha value is -3.59. The number of ether oxygens (including phenoxy) is 1. The van der Waals surface area contributed by atoms with Crippen LogP contribution in [0.1, 0.15) is 38.1 Å². The monoisotopic (exact) mass is 448 g/mol. The highest BCUT2D eigenvalue weighted by molar-refractivity contribution is 5.80. The second kappa shape index (κ2) is 10.4. The minimum atomic E-state index is -0.101. The maximum absolute atomic E-state index is 13.1. The number of pyridine rings is 1. The normalized spacial score (nSPS) is 11.5. The molecule has 1 N–H and O–H groups in total. The van der Waals surface area contributed by atoms with E-state index in [0.717, 1.165) is 11.1 Å². The minimum absolute atomic E-state index is 0.0842. The summed E-state index contributed by atoms with van der Waals surface area (Å²) in [6.07, 6.45) is 4.91. The Bertz CT molecular complexity index is 1300. The number of aromatic nitrogens is 5. The third kappa shape index (κ3) is 5.25. The van der Waals surface area contributed by atoms with Crippen molar-refractivity contribution in [2.75, 3.05) is 6.61 Å².